The maximum absolute atomic E-state index is 13.1. The lowest BCUT2D eigenvalue weighted by atomic mass is 10.1. The van der Waals surface area contributed by atoms with Gasteiger partial charge < -0.3 is 4.74 Å². The van der Waals surface area contributed by atoms with E-state index in [2.05, 4.69) is 0 Å². The van der Waals surface area contributed by atoms with E-state index in [-0.39, 0.29) is 24.3 Å². The molecule has 2 nitrogen and oxygen atoms in total. The van der Waals surface area contributed by atoms with Crippen molar-refractivity contribution in [3.63, 3.8) is 0 Å². The lowest BCUT2D eigenvalue weighted by Gasteiger charge is -2.09. The Morgan fingerprint density at radius 3 is 2.73 bits per heavy atom. The van der Waals surface area contributed by atoms with Gasteiger partial charge in [0, 0.05) is 5.56 Å². The van der Waals surface area contributed by atoms with Crippen molar-refractivity contribution in [3.8, 4) is 0 Å². The fourth-order valence-corrected chi connectivity index (χ4v) is 1.07. The van der Waals surface area contributed by atoms with E-state index < -0.39 is 0 Å². The Balaban J connectivity index is 2.51. The van der Waals surface area contributed by atoms with Gasteiger partial charge in [-0.1, -0.05) is 32.0 Å². The largest absolute Gasteiger partial charge is 0.460 e. The molecule has 0 spiro atoms. The topological polar surface area (TPSA) is 26.3 Å². The van der Waals surface area contributed by atoms with Crippen LogP contribution in [0, 0.1) is 11.7 Å². The Morgan fingerprint density at radius 1 is 1.47 bits per heavy atom. The monoisotopic (exact) mass is 210 g/mol. The number of hydrogen-bond acceptors (Lipinski definition) is 2. The Kier molecular flexibility index (Phi) is 4.28. The molecule has 0 aliphatic carbocycles. The van der Waals surface area contributed by atoms with E-state index in [1.807, 2.05) is 6.92 Å². The summed E-state index contributed by atoms with van der Waals surface area (Å²) in [5.41, 5.74) is 0.411. The second kappa shape index (κ2) is 5.49. The van der Waals surface area contributed by atoms with Gasteiger partial charge in [0.15, 0.2) is 0 Å². The zero-order valence-electron chi connectivity index (χ0n) is 9.00. The van der Waals surface area contributed by atoms with Crippen LogP contribution in [0.4, 0.5) is 4.39 Å². The van der Waals surface area contributed by atoms with Crippen LogP contribution in [0.15, 0.2) is 24.3 Å². The third-order valence-corrected chi connectivity index (χ3v) is 2.34. The first-order chi connectivity index (χ1) is 7.15. The van der Waals surface area contributed by atoms with Crippen LogP contribution in [-0.2, 0) is 16.1 Å². The summed E-state index contributed by atoms with van der Waals surface area (Å²) in [7, 11) is 0. The van der Waals surface area contributed by atoms with Crippen molar-refractivity contribution >= 4 is 5.97 Å². The molecular weight excluding hydrogens is 195 g/mol. The number of carbonyl (C=O) groups is 1. The predicted molar refractivity (Wildman–Crippen MR) is 55.7 cm³/mol. The Morgan fingerprint density at radius 2 is 2.13 bits per heavy atom. The molecule has 3 heteroatoms. The number of hydrogen-bond donors (Lipinski definition) is 0. The highest BCUT2D eigenvalue weighted by Crippen LogP contribution is 2.10. The lowest BCUT2D eigenvalue weighted by molar-refractivity contribution is -0.149. The summed E-state index contributed by atoms with van der Waals surface area (Å²) >= 11 is 0. The molecule has 0 heterocycles. The molecule has 0 aromatic heterocycles. The molecule has 0 aliphatic heterocycles. The van der Waals surface area contributed by atoms with Crippen molar-refractivity contribution in [2.75, 3.05) is 0 Å². The molecule has 15 heavy (non-hydrogen) atoms. The van der Waals surface area contributed by atoms with Gasteiger partial charge in [0.2, 0.25) is 0 Å². The van der Waals surface area contributed by atoms with Crippen molar-refractivity contribution in [1.82, 2.24) is 0 Å². The predicted octanol–water partition coefficient (Wildman–Crippen LogP) is 2.92. The van der Waals surface area contributed by atoms with Gasteiger partial charge in [0.1, 0.15) is 12.4 Å². The number of esters is 1. The fourth-order valence-electron chi connectivity index (χ4n) is 1.07. The summed E-state index contributed by atoms with van der Waals surface area (Å²) in [6.07, 6.45) is 0.732. The fraction of sp³-hybridized carbons (Fsp3) is 0.417. The first kappa shape index (κ1) is 11.7. The summed E-state index contributed by atoms with van der Waals surface area (Å²) in [5, 5.41) is 0. The van der Waals surface area contributed by atoms with Gasteiger partial charge in [-0.15, -0.1) is 0 Å². The minimum Gasteiger partial charge on any atom is -0.460 e. The van der Waals surface area contributed by atoms with Gasteiger partial charge in [-0.25, -0.2) is 4.39 Å². The van der Waals surface area contributed by atoms with Crippen LogP contribution < -0.4 is 0 Å². The molecular formula is C12H15FO2. The van der Waals surface area contributed by atoms with Crippen LogP contribution in [-0.4, -0.2) is 5.97 Å². The second-order valence-electron chi connectivity index (χ2n) is 3.51. The summed E-state index contributed by atoms with van der Waals surface area (Å²) in [5.74, 6) is -0.744. The molecule has 0 amide bonds. The number of carbonyl (C=O) groups excluding carboxylic acids is 1. The Hall–Kier alpha value is -1.38. The molecule has 1 aromatic carbocycles. The quantitative estimate of drug-likeness (QED) is 0.714. The van der Waals surface area contributed by atoms with E-state index >= 15 is 0 Å². The number of benzene rings is 1. The van der Waals surface area contributed by atoms with E-state index in [9.17, 15) is 9.18 Å². The molecule has 0 saturated carbocycles. The maximum Gasteiger partial charge on any atom is 0.308 e. The van der Waals surface area contributed by atoms with Gasteiger partial charge >= 0.3 is 5.97 Å². The Bertz CT molecular complexity index is 336. The second-order valence-corrected chi connectivity index (χ2v) is 3.51. The van der Waals surface area contributed by atoms with Crippen molar-refractivity contribution in [2.24, 2.45) is 5.92 Å². The van der Waals surface area contributed by atoms with Crippen molar-refractivity contribution in [2.45, 2.75) is 26.9 Å². The number of halogens is 1. The molecule has 1 unspecified atom stereocenters. The first-order valence-corrected chi connectivity index (χ1v) is 5.05. The third-order valence-electron chi connectivity index (χ3n) is 2.34. The Labute approximate surface area is 89.1 Å². The first-order valence-electron chi connectivity index (χ1n) is 5.05. The van der Waals surface area contributed by atoms with E-state index in [0.717, 1.165) is 6.42 Å². The van der Waals surface area contributed by atoms with E-state index in [1.54, 1.807) is 25.1 Å². The lowest BCUT2D eigenvalue weighted by Crippen LogP contribution is -2.14. The van der Waals surface area contributed by atoms with Gasteiger partial charge in [0.05, 0.1) is 5.92 Å². The van der Waals surface area contributed by atoms with Crippen LogP contribution in [0.2, 0.25) is 0 Å². The zero-order chi connectivity index (χ0) is 11.3. The smallest absolute Gasteiger partial charge is 0.308 e. The van der Waals surface area contributed by atoms with Gasteiger partial charge in [-0.05, 0) is 12.5 Å². The molecule has 0 bridgehead atoms. The molecule has 0 saturated heterocycles. The highest BCUT2D eigenvalue weighted by atomic mass is 19.1. The molecule has 1 atom stereocenters. The zero-order valence-corrected chi connectivity index (χ0v) is 9.00. The summed E-state index contributed by atoms with van der Waals surface area (Å²) < 4.78 is 18.1. The molecule has 82 valence electrons. The molecule has 0 aliphatic rings. The van der Waals surface area contributed by atoms with Crippen LogP contribution >= 0.6 is 0 Å². The number of ether oxygens (including phenoxy) is 1. The minimum atomic E-state index is -0.338. The summed E-state index contributed by atoms with van der Waals surface area (Å²) in [6.45, 7) is 3.72. The standard InChI is InChI=1S/C12H15FO2/c1-3-9(2)12(14)15-8-10-6-4-5-7-11(10)13/h4-7,9H,3,8H2,1-2H3. The van der Waals surface area contributed by atoms with Crippen LogP contribution in [0.5, 0.6) is 0 Å². The van der Waals surface area contributed by atoms with Gasteiger partial charge in [-0.2, -0.15) is 0 Å². The average Bonchev–Trinajstić information content (AvgIpc) is 2.26. The van der Waals surface area contributed by atoms with Crippen molar-refractivity contribution in [3.05, 3.63) is 35.6 Å². The van der Waals surface area contributed by atoms with E-state index in [4.69, 9.17) is 4.74 Å². The number of rotatable bonds is 4. The SMILES string of the molecule is CCC(C)C(=O)OCc1ccccc1F. The molecule has 0 fully saturated rings. The van der Waals surface area contributed by atoms with E-state index in [0.29, 0.717) is 5.56 Å². The molecule has 1 aromatic rings. The van der Waals surface area contributed by atoms with Crippen LogP contribution in [0.25, 0.3) is 0 Å². The van der Waals surface area contributed by atoms with Crippen LogP contribution in [0.3, 0.4) is 0 Å². The average molecular weight is 210 g/mol. The summed E-state index contributed by atoms with van der Waals surface area (Å²) in [4.78, 5) is 11.3. The van der Waals surface area contributed by atoms with Crippen LogP contribution in [0.1, 0.15) is 25.8 Å². The minimum absolute atomic E-state index is 0.00977. The molecule has 1 rings (SSSR count). The normalized spacial score (nSPS) is 12.2. The summed E-state index contributed by atoms with van der Waals surface area (Å²) in [6, 6.07) is 6.29. The maximum atomic E-state index is 13.1. The molecule has 0 radical (unpaired) electrons. The highest BCUT2D eigenvalue weighted by Gasteiger charge is 2.12. The molecule has 0 N–H and O–H groups in total. The van der Waals surface area contributed by atoms with Crippen molar-refractivity contribution < 1.29 is 13.9 Å². The third kappa shape index (κ3) is 3.35. The van der Waals surface area contributed by atoms with Gasteiger partial charge in [0.25, 0.3) is 0 Å². The van der Waals surface area contributed by atoms with Gasteiger partial charge in [-0.3, -0.25) is 4.79 Å². The highest BCUT2D eigenvalue weighted by molar-refractivity contribution is 5.71. The van der Waals surface area contributed by atoms with Crippen molar-refractivity contribution in [1.29, 1.82) is 0 Å². The van der Waals surface area contributed by atoms with E-state index in [1.165, 1.54) is 6.07 Å².